The van der Waals surface area contributed by atoms with Crippen LogP contribution in [0.5, 0.6) is 5.75 Å². The Bertz CT molecular complexity index is 1590. The quantitative estimate of drug-likeness (QED) is 0.191. The number of nitrogens with zero attached hydrogens (tertiary/aromatic N) is 2. The van der Waals surface area contributed by atoms with E-state index in [-0.39, 0.29) is 11.7 Å². The number of nitrogens with one attached hydrogen (secondary N) is 1. The van der Waals surface area contributed by atoms with E-state index in [4.69, 9.17) is 9.84 Å². The van der Waals surface area contributed by atoms with Gasteiger partial charge in [-0.05, 0) is 60.2 Å². The molecule has 0 aliphatic rings. The molecule has 0 radical (unpaired) electrons. The Morgan fingerprint density at radius 2 is 1.55 bits per heavy atom. The molecular formula is C32H25N3O3. The van der Waals surface area contributed by atoms with Crippen molar-refractivity contribution < 1.29 is 14.3 Å². The van der Waals surface area contributed by atoms with Gasteiger partial charge in [-0.2, -0.15) is 5.10 Å². The molecule has 0 aliphatic carbocycles. The zero-order valence-electron chi connectivity index (χ0n) is 20.7. The van der Waals surface area contributed by atoms with Gasteiger partial charge >= 0.3 is 0 Å². The number of ether oxygens (including phenoxy) is 1. The molecule has 6 nitrogen and oxygen atoms in total. The predicted octanol–water partition coefficient (Wildman–Crippen LogP) is 6.70. The maximum Gasteiger partial charge on any atom is 0.259 e. The Labute approximate surface area is 220 Å². The third-order valence-corrected chi connectivity index (χ3v) is 5.98. The van der Waals surface area contributed by atoms with Gasteiger partial charge in [0.1, 0.15) is 11.4 Å². The molecule has 0 spiro atoms. The lowest BCUT2D eigenvalue weighted by molar-refractivity contribution is 0.102. The van der Waals surface area contributed by atoms with Gasteiger partial charge in [-0.1, -0.05) is 66.7 Å². The number of rotatable bonds is 8. The summed E-state index contributed by atoms with van der Waals surface area (Å²) in [6, 6.07) is 33.5. The molecule has 0 aliphatic heterocycles. The molecule has 1 N–H and O–H groups in total. The fourth-order valence-corrected chi connectivity index (χ4v) is 3.99. The molecule has 0 unspecified atom stereocenters. The van der Waals surface area contributed by atoms with Crippen molar-refractivity contribution in [1.29, 1.82) is 0 Å². The van der Waals surface area contributed by atoms with E-state index in [1.54, 1.807) is 48.3 Å². The van der Waals surface area contributed by atoms with Gasteiger partial charge in [0.25, 0.3) is 5.91 Å². The first-order valence-corrected chi connectivity index (χ1v) is 12.1. The number of methoxy groups -OCH3 is 1. The summed E-state index contributed by atoms with van der Waals surface area (Å²) in [5.41, 5.74) is 4.69. The van der Waals surface area contributed by atoms with Crippen LogP contribution in [0.25, 0.3) is 23.0 Å². The largest absolute Gasteiger partial charge is 0.497 e. The molecular weight excluding hydrogens is 474 g/mol. The van der Waals surface area contributed by atoms with Crippen LogP contribution in [0, 0.1) is 0 Å². The van der Waals surface area contributed by atoms with Crippen LogP contribution in [0.4, 0.5) is 5.69 Å². The second kappa shape index (κ2) is 11.2. The Morgan fingerprint density at radius 1 is 0.842 bits per heavy atom. The van der Waals surface area contributed by atoms with Crippen LogP contribution in [0.15, 0.2) is 121 Å². The van der Waals surface area contributed by atoms with E-state index >= 15 is 0 Å². The maximum absolute atomic E-state index is 13.3. The number of benzene rings is 4. The molecule has 0 atom stereocenters. The van der Waals surface area contributed by atoms with Crippen LogP contribution in [-0.4, -0.2) is 28.6 Å². The van der Waals surface area contributed by atoms with Gasteiger partial charge < -0.3 is 10.1 Å². The molecule has 38 heavy (non-hydrogen) atoms. The van der Waals surface area contributed by atoms with Crippen LogP contribution in [0.2, 0.25) is 0 Å². The number of hydrogen-bond acceptors (Lipinski definition) is 4. The third kappa shape index (κ3) is 5.60. The number of amides is 1. The standard InChI is InChI=1S/C32H25N3O3/c1-38-28-14-8-9-23(21-28)15-20-30(36)24-16-18-26(19-17-24)33-32(37)29-22-35(27-12-6-3-7-13-27)34-31(29)25-10-4-2-5-11-25/h2-22H,1H3,(H,33,37)/b20-15+. The lowest BCUT2D eigenvalue weighted by atomic mass is 10.1. The van der Waals surface area contributed by atoms with E-state index in [0.29, 0.717) is 22.5 Å². The summed E-state index contributed by atoms with van der Waals surface area (Å²) in [7, 11) is 1.60. The number of para-hydroxylation sites is 1. The van der Waals surface area contributed by atoms with E-state index in [9.17, 15) is 9.59 Å². The van der Waals surface area contributed by atoms with E-state index < -0.39 is 0 Å². The number of carbonyl (C=O) groups is 2. The van der Waals surface area contributed by atoms with E-state index in [1.807, 2.05) is 84.9 Å². The number of aromatic nitrogens is 2. The maximum atomic E-state index is 13.3. The monoisotopic (exact) mass is 499 g/mol. The third-order valence-electron chi connectivity index (χ3n) is 5.98. The zero-order valence-corrected chi connectivity index (χ0v) is 20.7. The summed E-state index contributed by atoms with van der Waals surface area (Å²) < 4.78 is 6.92. The number of anilines is 1. The zero-order chi connectivity index (χ0) is 26.3. The molecule has 5 rings (SSSR count). The smallest absolute Gasteiger partial charge is 0.259 e. The average Bonchev–Trinajstić information content (AvgIpc) is 3.43. The second-order valence-electron chi connectivity index (χ2n) is 8.54. The van der Waals surface area contributed by atoms with Crippen LogP contribution >= 0.6 is 0 Å². The van der Waals surface area contributed by atoms with Gasteiger partial charge in [0, 0.05) is 23.0 Å². The normalized spacial score (nSPS) is 10.9. The summed E-state index contributed by atoms with van der Waals surface area (Å²) in [6.45, 7) is 0. The highest BCUT2D eigenvalue weighted by molar-refractivity contribution is 6.09. The molecule has 0 fully saturated rings. The van der Waals surface area contributed by atoms with Crippen molar-refractivity contribution in [2.45, 2.75) is 0 Å². The Balaban J connectivity index is 1.34. The predicted molar refractivity (Wildman–Crippen MR) is 150 cm³/mol. The first-order chi connectivity index (χ1) is 18.6. The minimum absolute atomic E-state index is 0.138. The molecule has 1 heterocycles. The molecule has 186 valence electrons. The van der Waals surface area contributed by atoms with Crippen LogP contribution in [0.3, 0.4) is 0 Å². The number of ketones is 1. The molecule has 4 aromatic carbocycles. The van der Waals surface area contributed by atoms with Crippen LogP contribution in [0.1, 0.15) is 26.3 Å². The van der Waals surface area contributed by atoms with Crippen LogP contribution < -0.4 is 10.1 Å². The van der Waals surface area contributed by atoms with Gasteiger partial charge in [0.05, 0.1) is 18.4 Å². The molecule has 0 saturated carbocycles. The van der Waals surface area contributed by atoms with Gasteiger partial charge in [0.2, 0.25) is 0 Å². The SMILES string of the molecule is COc1cccc(/C=C/C(=O)c2ccc(NC(=O)c3cn(-c4ccccc4)nc3-c3ccccc3)cc2)c1. The van der Waals surface area contributed by atoms with E-state index in [2.05, 4.69) is 5.32 Å². The summed E-state index contributed by atoms with van der Waals surface area (Å²) in [6.07, 6.45) is 5.00. The van der Waals surface area contributed by atoms with Crippen molar-refractivity contribution in [3.63, 3.8) is 0 Å². The number of carbonyl (C=O) groups excluding carboxylic acids is 2. The molecule has 5 aromatic rings. The van der Waals surface area contributed by atoms with Crippen LogP contribution in [-0.2, 0) is 0 Å². The van der Waals surface area contributed by atoms with E-state index in [1.165, 1.54) is 6.08 Å². The summed E-state index contributed by atoms with van der Waals surface area (Å²) >= 11 is 0. The fraction of sp³-hybridized carbons (Fsp3) is 0.0312. The molecule has 1 amide bonds. The molecule has 0 saturated heterocycles. The van der Waals surface area contributed by atoms with Gasteiger partial charge in [-0.25, -0.2) is 4.68 Å². The Hall–Kier alpha value is -5.23. The number of hydrogen-bond donors (Lipinski definition) is 1. The molecule has 0 bridgehead atoms. The van der Waals surface area contributed by atoms with Crippen molar-refractivity contribution in [3.8, 4) is 22.7 Å². The lowest BCUT2D eigenvalue weighted by Gasteiger charge is -2.06. The van der Waals surface area contributed by atoms with Crippen molar-refractivity contribution in [3.05, 3.63) is 138 Å². The molecule has 6 heteroatoms. The second-order valence-corrected chi connectivity index (χ2v) is 8.54. The first-order valence-electron chi connectivity index (χ1n) is 12.1. The fourth-order valence-electron chi connectivity index (χ4n) is 3.99. The van der Waals surface area contributed by atoms with Crippen molar-refractivity contribution in [1.82, 2.24) is 9.78 Å². The van der Waals surface area contributed by atoms with Gasteiger partial charge in [0.15, 0.2) is 5.78 Å². The minimum atomic E-state index is -0.289. The molecule has 1 aromatic heterocycles. The highest BCUT2D eigenvalue weighted by atomic mass is 16.5. The Kier molecular flexibility index (Phi) is 7.23. The highest BCUT2D eigenvalue weighted by Crippen LogP contribution is 2.25. The average molecular weight is 500 g/mol. The van der Waals surface area contributed by atoms with Crippen molar-refractivity contribution in [2.75, 3.05) is 12.4 Å². The Morgan fingerprint density at radius 3 is 2.26 bits per heavy atom. The highest BCUT2D eigenvalue weighted by Gasteiger charge is 2.19. The van der Waals surface area contributed by atoms with E-state index in [0.717, 1.165) is 22.6 Å². The lowest BCUT2D eigenvalue weighted by Crippen LogP contribution is -2.12. The van der Waals surface area contributed by atoms with Gasteiger partial charge in [-0.15, -0.1) is 0 Å². The topological polar surface area (TPSA) is 73.2 Å². The van der Waals surface area contributed by atoms with Crippen molar-refractivity contribution >= 4 is 23.5 Å². The summed E-state index contributed by atoms with van der Waals surface area (Å²) in [5.74, 6) is 0.300. The summed E-state index contributed by atoms with van der Waals surface area (Å²) in [4.78, 5) is 26.0. The van der Waals surface area contributed by atoms with Gasteiger partial charge in [-0.3, -0.25) is 9.59 Å². The minimum Gasteiger partial charge on any atom is -0.497 e. The first kappa shape index (κ1) is 24.5. The number of allylic oxidation sites excluding steroid dienone is 1. The van der Waals surface area contributed by atoms with Crippen molar-refractivity contribution in [2.24, 2.45) is 0 Å². The summed E-state index contributed by atoms with van der Waals surface area (Å²) in [5, 5.41) is 7.64.